The Kier molecular flexibility index (Phi) is 4.02. The average Bonchev–Trinajstić information content (AvgIpc) is 2.70. The van der Waals surface area contributed by atoms with Crippen molar-refractivity contribution >= 4 is 11.3 Å². The molecule has 1 aromatic heterocycles. The van der Waals surface area contributed by atoms with Crippen LogP contribution in [-0.4, -0.2) is 12.1 Å². The number of nitrogens with zero attached hydrogens (tertiary/aromatic N) is 1. The Morgan fingerprint density at radius 2 is 2.11 bits per heavy atom. The third-order valence-corrected chi connectivity index (χ3v) is 4.03. The van der Waals surface area contributed by atoms with Crippen molar-refractivity contribution in [2.24, 2.45) is 5.92 Å². The zero-order valence-electron chi connectivity index (χ0n) is 11.4. The maximum absolute atomic E-state index is 5.25. The average molecular weight is 261 g/mol. The first-order valence-corrected chi connectivity index (χ1v) is 7.02. The number of benzene rings is 1. The molecular formula is C15H19NOS. The van der Waals surface area contributed by atoms with Crippen LogP contribution in [0.5, 0.6) is 5.75 Å². The van der Waals surface area contributed by atoms with Gasteiger partial charge < -0.3 is 4.74 Å². The number of aryl methyl sites for hydroxylation is 1. The van der Waals surface area contributed by atoms with Gasteiger partial charge in [-0.25, -0.2) is 4.98 Å². The fraction of sp³-hybridized carbons (Fsp3) is 0.400. The summed E-state index contributed by atoms with van der Waals surface area (Å²) in [4.78, 5) is 6.06. The zero-order chi connectivity index (χ0) is 13.1. The van der Waals surface area contributed by atoms with E-state index < -0.39 is 0 Å². The molecule has 1 heterocycles. The van der Waals surface area contributed by atoms with Gasteiger partial charge in [0.25, 0.3) is 0 Å². The van der Waals surface area contributed by atoms with E-state index in [-0.39, 0.29) is 0 Å². The minimum absolute atomic E-state index is 0.669. The molecule has 0 radical (unpaired) electrons. The van der Waals surface area contributed by atoms with Crippen LogP contribution in [0.4, 0.5) is 0 Å². The molecule has 0 saturated heterocycles. The molecule has 1 aromatic carbocycles. The molecule has 0 atom stereocenters. The van der Waals surface area contributed by atoms with E-state index in [1.165, 1.54) is 4.88 Å². The molecule has 3 heteroatoms. The van der Waals surface area contributed by atoms with E-state index in [2.05, 4.69) is 31.8 Å². The van der Waals surface area contributed by atoms with Gasteiger partial charge in [0.15, 0.2) is 0 Å². The summed E-state index contributed by atoms with van der Waals surface area (Å²) in [6.45, 7) is 6.58. The molecule has 96 valence electrons. The molecule has 0 bridgehead atoms. The summed E-state index contributed by atoms with van der Waals surface area (Å²) in [6, 6.07) is 8.09. The molecule has 0 saturated carbocycles. The Hall–Kier alpha value is -1.35. The van der Waals surface area contributed by atoms with Gasteiger partial charge in [-0.05, 0) is 31.4 Å². The van der Waals surface area contributed by atoms with Crippen molar-refractivity contribution in [3.63, 3.8) is 0 Å². The van der Waals surface area contributed by atoms with Crippen LogP contribution < -0.4 is 4.74 Å². The van der Waals surface area contributed by atoms with Crippen molar-refractivity contribution < 1.29 is 4.74 Å². The molecule has 18 heavy (non-hydrogen) atoms. The SMILES string of the molecule is COc1cccc(-c2nc(C)c(CC(C)C)s2)c1. The van der Waals surface area contributed by atoms with E-state index in [1.807, 2.05) is 18.2 Å². The molecule has 0 N–H and O–H groups in total. The molecule has 0 fully saturated rings. The second-order valence-corrected chi connectivity index (χ2v) is 5.94. The molecule has 2 rings (SSSR count). The van der Waals surface area contributed by atoms with E-state index in [0.29, 0.717) is 5.92 Å². The first kappa shape index (κ1) is 13.1. The van der Waals surface area contributed by atoms with E-state index in [0.717, 1.165) is 28.4 Å². The van der Waals surface area contributed by atoms with Gasteiger partial charge in [0.1, 0.15) is 10.8 Å². The number of hydrogen-bond acceptors (Lipinski definition) is 3. The largest absolute Gasteiger partial charge is 0.497 e. The van der Waals surface area contributed by atoms with Gasteiger partial charge in [-0.1, -0.05) is 26.0 Å². The summed E-state index contributed by atoms with van der Waals surface area (Å²) in [5.41, 5.74) is 2.30. The first-order valence-electron chi connectivity index (χ1n) is 6.21. The third kappa shape index (κ3) is 2.91. The highest BCUT2D eigenvalue weighted by molar-refractivity contribution is 7.15. The molecule has 0 aliphatic rings. The highest BCUT2D eigenvalue weighted by atomic mass is 32.1. The molecule has 0 amide bonds. The van der Waals surface area contributed by atoms with Crippen LogP contribution in [0.2, 0.25) is 0 Å². The molecule has 0 unspecified atom stereocenters. The number of hydrogen-bond donors (Lipinski definition) is 0. The third-order valence-electron chi connectivity index (χ3n) is 2.80. The topological polar surface area (TPSA) is 22.1 Å². The summed E-state index contributed by atoms with van der Waals surface area (Å²) in [7, 11) is 1.69. The molecule has 0 aliphatic heterocycles. The van der Waals surface area contributed by atoms with E-state index in [4.69, 9.17) is 4.74 Å². The van der Waals surface area contributed by atoms with Crippen molar-refractivity contribution in [2.75, 3.05) is 7.11 Å². The maximum Gasteiger partial charge on any atom is 0.123 e. The Labute approximate surface area is 113 Å². The van der Waals surface area contributed by atoms with Crippen molar-refractivity contribution in [2.45, 2.75) is 27.2 Å². The smallest absolute Gasteiger partial charge is 0.123 e. The highest BCUT2D eigenvalue weighted by Crippen LogP contribution is 2.31. The number of thiazole rings is 1. The van der Waals surface area contributed by atoms with Crippen LogP contribution in [-0.2, 0) is 6.42 Å². The lowest BCUT2D eigenvalue weighted by atomic mass is 10.1. The number of methoxy groups -OCH3 is 1. The normalized spacial score (nSPS) is 10.9. The van der Waals surface area contributed by atoms with E-state index in [1.54, 1.807) is 18.4 Å². The van der Waals surface area contributed by atoms with Crippen LogP contribution in [0.25, 0.3) is 10.6 Å². The van der Waals surface area contributed by atoms with Crippen molar-refractivity contribution in [3.05, 3.63) is 34.8 Å². The quantitative estimate of drug-likeness (QED) is 0.817. The summed E-state index contributed by atoms with van der Waals surface area (Å²) in [5, 5.41) is 1.09. The fourth-order valence-corrected chi connectivity index (χ4v) is 3.14. The second kappa shape index (κ2) is 5.53. The van der Waals surface area contributed by atoms with Crippen LogP contribution in [0, 0.1) is 12.8 Å². The lowest BCUT2D eigenvalue weighted by Crippen LogP contribution is -1.92. The van der Waals surface area contributed by atoms with Crippen LogP contribution in [0.3, 0.4) is 0 Å². The Morgan fingerprint density at radius 1 is 1.33 bits per heavy atom. The fourth-order valence-electron chi connectivity index (χ4n) is 1.87. The lowest BCUT2D eigenvalue weighted by molar-refractivity contribution is 0.415. The van der Waals surface area contributed by atoms with E-state index in [9.17, 15) is 0 Å². The van der Waals surface area contributed by atoms with Crippen molar-refractivity contribution in [1.82, 2.24) is 4.98 Å². The molecule has 2 nitrogen and oxygen atoms in total. The minimum Gasteiger partial charge on any atom is -0.497 e. The molecule has 0 aliphatic carbocycles. The summed E-state index contributed by atoms with van der Waals surface area (Å²) >= 11 is 1.79. The lowest BCUT2D eigenvalue weighted by Gasteiger charge is -2.01. The van der Waals surface area contributed by atoms with Crippen LogP contribution in [0.1, 0.15) is 24.4 Å². The molecule has 2 aromatic rings. The number of ether oxygens (including phenoxy) is 1. The highest BCUT2D eigenvalue weighted by Gasteiger charge is 2.11. The number of rotatable bonds is 4. The van der Waals surface area contributed by atoms with Crippen molar-refractivity contribution in [3.8, 4) is 16.3 Å². The van der Waals surface area contributed by atoms with Gasteiger partial charge in [-0.3, -0.25) is 0 Å². The predicted molar refractivity (Wildman–Crippen MR) is 77.4 cm³/mol. The van der Waals surface area contributed by atoms with Crippen LogP contribution in [0.15, 0.2) is 24.3 Å². The summed E-state index contributed by atoms with van der Waals surface area (Å²) in [5.74, 6) is 1.55. The Balaban J connectivity index is 2.33. The zero-order valence-corrected chi connectivity index (χ0v) is 12.2. The van der Waals surface area contributed by atoms with Gasteiger partial charge in [0, 0.05) is 10.4 Å². The van der Waals surface area contributed by atoms with E-state index >= 15 is 0 Å². The van der Waals surface area contributed by atoms with Gasteiger partial charge in [0.05, 0.1) is 12.8 Å². The maximum atomic E-state index is 5.25. The van der Waals surface area contributed by atoms with Gasteiger partial charge in [-0.2, -0.15) is 0 Å². The molecule has 0 spiro atoms. The van der Waals surface area contributed by atoms with Gasteiger partial charge >= 0.3 is 0 Å². The second-order valence-electron chi connectivity index (χ2n) is 4.86. The van der Waals surface area contributed by atoms with Crippen molar-refractivity contribution in [1.29, 1.82) is 0 Å². The summed E-state index contributed by atoms with van der Waals surface area (Å²) in [6.07, 6.45) is 1.10. The van der Waals surface area contributed by atoms with Crippen LogP contribution >= 0.6 is 11.3 Å². The van der Waals surface area contributed by atoms with Gasteiger partial charge in [-0.15, -0.1) is 11.3 Å². The number of aromatic nitrogens is 1. The Bertz CT molecular complexity index is 531. The monoisotopic (exact) mass is 261 g/mol. The predicted octanol–water partition coefficient (Wildman–Crippen LogP) is 4.33. The summed E-state index contributed by atoms with van der Waals surface area (Å²) < 4.78 is 5.25. The standard InChI is InChI=1S/C15H19NOS/c1-10(2)8-14-11(3)16-15(18-14)12-6-5-7-13(9-12)17-4/h5-7,9-10H,8H2,1-4H3. The van der Waals surface area contributed by atoms with Gasteiger partial charge in [0.2, 0.25) is 0 Å². The minimum atomic E-state index is 0.669. The molecular weight excluding hydrogens is 242 g/mol. The Morgan fingerprint density at radius 3 is 2.78 bits per heavy atom. The first-order chi connectivity index (χ1) is 8.60.